The Hall–Kier alpha value is -1.60. The molecule has 0 aromatic heterocycles. The zero-order chi connectivity index (χ0) is 16.6. The summed E-state index contributed by atoms with van der Waals surface area (Å²) >= 11 is 0. The largest absolute Gasteiger partial charge is 0.303 e. The summed E-state index contributed by atoms with van der Waals surface area (Å²) in [7, 11) is 0. The van der Waals surface area contributed by atoms with Gasteiger partial charge in [-0.2, -0.15) is 0 Å². The summed E-state index contributed by atoms with van der Waals surface area (Å²) in [5.41, 5.74) is 2.91. The van der Waals surface area contributed by atoms with Gasteiger partial charge in [-0.25, -0.2) is 0 Å². The number of hydrogen-bond donors (Lipinski definition) is 0. The van der Waals surface area contributed by atoms with Gasteiger partial charge in [-0.1, -0.05) is 74.0 Å². The Labute approximate surface area is 147 Å². The zero-order valence-electron chi connectivity index (χ0n) is 15.0. The molecule has 1 heteroatoms. The molecule has 0 unspecified atom stereocenters. The van der Waals surface area contributed by atoms with Crippen LogP contribution in [-0.4, -0.2) is 24.5 Å². The monoisotopic (exact) mass is 321 g/mol. The van der Waals surface area contributed by atoms with Crippen LogP contribution in [0.5, 0.6) is 0 Å². The summed E-state index contributed by atoms with van der Waals surface area (Å²) in [6.07, 6.45) is 6.65. The fourth-order valence-electron chi connectivity index (χ4n) is 3.87. The average molecular weight is 322 g/mol. The molecule has 0 aliphatic carbocycles. The lowest BCUT2D eigenvalue weighted by Gasteiger charge is -2.30. The molecule has 128 valence electrons. The average Bonchev–Trinajstić information content (AvgIpc) is 2.65. The molecule has 1 heterocycles. The van der Waals surface area contributed by atoms with E-state index < -0.39 is 0 Å². The van der Waals surface area contributed by atoms with Crippen molar-refractivity contribution in [1.29, 1.82) is 0 Å². The minimum Gasteiger partial charge on any atom is -0.303 e. The predicted octanol–water partition coefficient (Wildman–Crippen LogP) is 5.72. The second kappa shape index (κ2) is 9.03. The van der Waals surface area contributed by atoms with Crippen molar-refractivity contribution in [2.24, 2.45) is 5.92 Å². The van der Waals surface area contributed by atoms with Gasteiger partial charge in [0.2, 0.25) is 0 Å². The van der Waals surface area contributed by atoms with Gasteiger partial charge in [0.15, 0.2) is 0 Å². The van der Waals surface area contributed by atoms with E-state index >= 15 is 0 Å². The Morgan fingerprint density at radius 2 is 1.38 bits per heavy atom. The number of hydrogen-bond acceptors (Lipinski definition) is 1. The summed E-state index contributed by atoms with van der Waals surface area (Å²) in [6, 6.07) is 22.0. The summed E-state index contributed by atoms with van der Waals surface area (Å²) in [4.78, 5) is 2.67. The molecular formula is C23H31N. The van der Waals surface area contributed by atoms with Crippen LogP contribution in [0.15, 0.2) is 60.7 Å². The maximum Gasteiger partial charge on any atom is 0.00893 e. The van der Waals surface area contributed by atoms with Crippen molar-refractivity contribution < 1.29 is 0 Å². The normalized spacial score (nSPS) is 16.6. The molecule has 0 N–H and O–H groups in total. The lowest BCUT2D eigenvalue weighted by atomic mass is 9.87. The SMILES string of the molecule is CC1CCN(CCCCC(c2ccccc2)c2ccccc2)CC1. The lowest BCUT2D eigenvalue weighted by Crippen LogP contribution is -2.33. The highest BCUT2D eigenvalue weighted by molar-refractivity contribution is 5.32. The topological polar surface area (TPSA) is 3.24 Å². The third kappa shape index (κ3) is 4.95. The second-order valence-electron chi connectivity index (χ2n) is 7.39. The first-order valence-corrected chi connectivity index (χ1v) is 9.65. The summed E-state index contributed by atoms with van der Waals surface area (Å²) in [5, 5.41) is 0. The molecule has 24 heavy (non-hydrogen) atoms. The second-order valence-corrected chi connectivity index (χ2v) is 7.39. The standard InChI is InChI=1S/C23H31N/c1-20-15-18-24(19-16-20)17-9-8-14-23(21-10-4-2-5-11-21)22-12-6-3-7-13-22/h2-7,10-13,20,23H,8-9,14-19H2,1H3. The first kappa shape index (κ1) is 17.2. The number of likely N-dealkylation sites (tertiary alicyclic amines) is 1. The molecular weight excluding hydrogens is 290 g/mol. The molecule has 0 amide bonds. The third-order valence-corrected chi connectivity index (χ3v) is 5.50. The Morgan fingerprint density at radius 1 is 0.833 bits per heavy atom. The summed E-state index contributed by atoms with van der Waals surface area (Å²) in [5.74, 6) is 1.47. The molecule has 1 fully saturated rings. The highest BCUT2D eigenvalue weighted by Crippen LogP contribution is 2.29. The summed E-state index contributed by atoms with van der Waals surface area (Å²) < 4.78 is 0. The van der Waals surface area contributed by atoms with Gasteiger partial charge in [-0.15, -0.1) is 0 Å². The van der Waals surface area contributed by atoms with Crippen LogP contribution in [0, 0.1) is 5.92 Å². The Morgan fingerprint density at radius 3 is 1.92 bits per heavy atom. The van der Waals surface area contributed by atoms with Crippen LogP contribution in [0.1, 0.15) is 56.1 Å². The van der Waals surface area contributed by atoms with E-state index in [9.17, 15) is 0 Å². The summed E-state index contributed by atoms with van der Waals surface area (Å²) in [6.45, 7) is 6.29. The van der Waals surface area contributed by atoms with Gasteiger partial charge >= 0.3 is 0 Å². The quantitative estimate of drug-likeness (QED) is 0.589. The van der Waals surface area contributed by atoms with E-state index in [1.54, 1.807) is 0 Å². The molecule has 2 aromatic rings. The molecule has 0 saturated carbocycles. The highest BCUT2D eigenvalue weighted by atomic mass is 15.1. The van der Waals surface area contributed by atoms with E-state index in [1.165, 1.54) is 62.9 Å². The Bertz CT molecular complexity index is 530. The maximum absolute atomic E-state index is 2.67. The number of nitrogens with zero attached hydrogens (tertiary/aromatic N) is 1. The van der Waals surface area contributed by atoms with E-state index in [4.69, 9.17) is 0 Å². The Balaban J connectivity index is 1.53. The van der Waals surface area contributed by atoms with Crippen LogP contribution in [0.3, 0.4) is 0 Å². The van der Waals surface area contributed by atoms with Crippen LogP contribution in [-0.2, 0) is 0 Å². The predicted molar refractivity (Wildman–Crippen MR) is 103 cm³/mol. The van der Waals surface area contributed by atoms with E-state index in [1.807, 2.05) is 0 Å². The van der Waals surface area contributed by atoms with Crippen molar-refractivity contribution in [1.82, 2.24) is 4.90 Å². The van der Waals surface area contributed by atoms with Crippen molar-refractivity contribution in [3.8, 4) is 0 Å². The molecule has 0 spiro atoms. The van der Waals surface area contributed by atoms with Crippen LogP contribution in [0.2, 0.25) is 0 Å². The number of benzene rings is 2. The van der Waals surface area contributed by atoms with Gasteiger partial charge in [-0.3, -0.25) is 0 Å². The molecule has 0 radical (unpaired) electrons. The van der Waals surface area contributed by atoms with Gasteiger partial charge in [0.25, 0.3) is 0 Å². The van der Waals surface area contributed by atoms with E-state index in [0.717, 1.165) is 5.92 Å². The van der Waals surface area contributed by atoms with Crippen molar-refractivity contribution >= 4 is 0 Å². The van der Waals surface area contributed by atoms with Crippen LogP contribution >= 0.6 is 0 Å². The molecule has 1 nitrogen and oxygen atoms in total. The van der Waals surface area contributed by atoms with Crippen LogP contribution in [0.4, 0.5) is 0 Å². The fourth-order valence-corrected chi connectivity index (χ4v) is 3.87. The maximum atomic E-state index is 2.67. The molecule has 2 aromatic carbocycles. The van der Waals surface area contributed by atoms with Crippen molar-refractivity contribution in [2.75, 3.05) is 19.6 Å². The fraction of sp³-hybridized carbons (Fsp3) is 0.478. The van der Waals surface area contributed by atoms with Gasteiger partial charge in [0.1, 0.15) is 0 Å². The van der Waals surface area contributed by atoms with Gasteiger partial charge in [-0.05, 0) is 62.4 Å². The molecule has 0 atom stereocenters. The van der Waals surface area contributed by atoms with E-state index in [0.29, 0.717) is 5.92 Å². The Kier molecular flexibility index (Phi) is 6.48. The zero-order valence-corrected chi connectivity index (χ0v) is 15.0. The van der Waals surface area contributed by atoms with E-state index in [2.05, 4.69) is 72.5 Å². The van der Waals surface area contributed by atoms with Gasteiger partial charge in [0.05, 0.1) is 0 Å². The minimum atomic E-state index is 0.536. The van der Waals surface area contributed by atoms with Gasteiger partial charge < -0.3 is 4.90 Å². The van der Waals surface area contributed by atoms with Crippen molar-refractivity contribution in [3.05, 3.63) is 71.8 Å². The van der Waals surface area contributed by atoms with Crippen LogP contribution < -0.4 is 0 Å². The van der Waals surface area contributed by atoms with E-state index in [-0.39, 0.29) is 0 Å². The number of unbranched alkanes of at least 4 members (excludes halogenated alkanes) is 1. The molecule has 1 aliphatic heterocycles. The van der Waals surface area contributed by atoms with Gasteiger partial charge in [0, 0.05) is 5.92 Å². The van der Waals surface area contributed by atoms with Crippen LogP contribution in [0.25, 0.3) is 0 Å². The number of piperidine rings is 1. The lowest BCUT2D eigenvalue weighted by molar-refractivity contribution is 0.189. The molecule has 1 aliphatic rings. The molecule has 0 bridgehead atoms. The van der Waals surface area contributed by atoms with Crippen molar-refractivity contribution in [2.45, 2.75) is 44.9 Å². The molecule has 3 rings (SSSR count). The first-order chi connectivity index (χ1) is 11.8. The smallest absolute Gasteiger partial charge is 0.00893 e. The molecule has 1 saturated heterocycles. The van der Waals surface area contributed by atoms with Crippen molar-refractivity contribution in [3.63, 3.8) is 0 Å². The number of rotatable bonds is 7. The minimum absolute atomic E-state index is 0.536. The first-order valence-electron chi connectivity index (χ1n) is 9.65. The third-order valence-electron chi connectivity index (χ3n) is 5.50. The highest BCUT2D eigenvalue weighted by Gasteiger charge is 2.16.